The van der Waals surface area contributed by atoms with E-state index < -0.39 is 0 Å². The summed E-state index contributed by atoms with van der Waals surface area (Å²) in [5.74, 6) is 1.77. The molecule has 62 heavy (non-hydrogen) atoms. The first-order valence-corrected chi connectivity index (χ1v) is 21.1. The van der Waals surface area contributed by atoms with Gasteiger partial charge in [0.15, 0.2) is 17.5 Å². The second-order valence-corrected chi connectivity index (χ2v) is 16.2. The predicted molar refractivity (Wildman–Crippen MR) is 251 cm³/mol. The van der Waals surface area contributed by atoms with Crippen LogP contribution in [0.2, 0.25) is 0 Å². The molecule has 0 radical (unpaired) electrons. The van der Waals surface area contributed by atoms with Crippen LogP contribution in [0.3, 0.4) is 0 Å². The van der Waals surface area contributed by atoms with E-state index in [1.54, 1.807) is 0 Å². The summed E-state index contributed by atoms with van der Waals surface area (Å²) in [5.41, 5.74) is 19.0. The van der Waals surface area contributed by atoms with Crippen LogP contribution in [0.1, 0.15) is 22.3 Å². The minimum absolute atomic E-state index is 0.348. The molecule has 0 bridgehead atoms. The molecule has 0 saturated carbocycles. The number of para-hydroxylation sites is 2. The molecule has 4 heteroatoms. The van der Waals surface area contributed by atoms with Gasteiger partial charge in [-0.3, -0.25) is 0 Å². The number of nitrogens with zero attached hydrogens (tertiary/aromatic N) is 3. The van der Waals surface area contributed by atoms with Gasteiger partial charge in [-0.15, -0.1) is 0 Å². The third-order valence-corrected chi connectivity index (χ3v) is 13.0. The lowest BCUT2D eigenvalue weighted by atomic mass is 9.70. The standard InChI is InChI=1S/C58H35N3O/c1-2-15-38(16-3-1)55-59-56(61-57(60-55)47-24-14-23-45-44-21-9-13-28-53(44)62-54(45)47)46-22-5-4-17-40(46)37-31-29-36(30-32-37)39-33-34-52-48(35-39)43-20-8-12-27-51(43)58(52)49-25-10-6-18-41(49)42-19-7-11-26-50(42)58/h1-35H. The summed E-state index contributed by atoms with van der Waals surface area (Å²) in [6, 6.07) is 75.7. The largest absolute Gasteiger partial charge is 0.455 e. The first-order chi connectivity index (χ1) is 30.7. The minimum atomic E-state index is -0.348. The van der Waals surface area contributed by atoms with Crippen molar-refractivity contribution in [1.82, 2.24) is 15.0 Å². The second-order valence-electron chi connectivity index (χ2n) is 16.2. The molecule has 11 aromatic rings. The Kier molecular flexibility index (Phi) is 7.49. The van der Waals surface area contributed by atoms with Gasteiger partial charge in [-0.25, -0.2) is 15.0 Å². The van der Waals surface area contributed by atoms with Crippen molar-refractivity contribution in [2.45, 2.75) is 5.41 Å². The van der Waals surface area contributed by atoms with Crippen molar-refractivity contribution in [2.75, 3.05) is 0 Å². The van der Waals surface area contributed by atoms with Crippen molar-refractivity contribution in [2.24, 2.45) is 0 Å². The average Bonchev–Trinajstić information content (AvgIpc) is 3.98. The monoisotopic (exact) mass is 789 g/mol. The number of aromatic nitrogens is 3. The summed E-state index contributed by atoms with van der Waals surface area (Å²) in [5, 5.41) is 2.10. The van der Waals surface area contributed by atoms with Gasteiger partial charge in [0.05, 0.1) is 11.0 Å². The highest BCUT2D eigenvalue weighted by molar-refractivity contribution is 6.09. The maximum absolute atomic E-state index is 6.46. The van der Waals surface area contributed by atoms with E-state index in [0.29, 0.717) is 17.5 Å². The zero-order valence-corrected chi connectivity index (χ0v) is 33.5. The lowest BCUT2D eigenvalue weighted by Gasteiger charge is -2.30. The van der Waals surface area contributed by atoms with Crippen molar-refractivity contribution in [3.05, 3.63) is 235 Å². The third kappa shape index (κ3) is 4.98. The molecule has 1 spiro atoms. The molecule has 0 amide bonds. The molecule has 2 aliphatic carbocycles. The van der Waals surface area contributed by atoms with Crippen molar-refractivity contribution in [3.8, 4) is 78.7 Å². The maximum Gasteiger partial charge on any atom is 0.167 e. The topological polar surface area (TPSA) is 51.8 Å². The highest BCUT2D eigenvalue weighted by Crippen LogP contribution is 2.63. The Morgan fingerprint density at radius 3 is 1.48 bits per heavy atom. The molecule has 2 aliphatic rings. The van der Waals surface area contributed by atoms with Crippen molar-refractivity contribution < 1.29 is 4.42 Å². The second kappa shape index (κ2) is 13.4. The van der Waals surface area contributed by atoms with E-state index in [9.17, 15) is 0 Å². The van der Waals surface area contributed by atoms with Gasteiger partial charge < -0.3 is 4.42 Å². The Hall–Kier alpha value is -8.21. The van der Waals surface area contributed by atoms with Gasteiger partial charge in [-0.05, 0) is 85.0 Å². The Bertz CT molecular complexity index is 3540. The molecule has 2 aromatic heterocycles. The fraction of sp³-hybridized carbons (Fsp3) is 0.0172. The Balaban J connectivity index is 0.915. The van der Waals surface area contributed by atoms with Gasteiger partial charge in [-0.1, -0.05) is 194 Å². The predicted octanol–water partition coefficient (Wildman–Crippen LogP) is 14.4. The molecule has 2 heterocycles. The van der Waals surface area contributed by atoms with Crippen LogP contribution in [-0.2, 0) is 5.41 Å². The van der Waals surface area contributed by atoms with E-state index in [2.05, 4.69) is 152 Å². The van der Waals surface area contributed by atoms with Crippen molar-refractivity contribution in [3.63, 3.8) is 0 Å². The summed E-state index contributed by atoms with van der Waals surface area (Å²) in [6.45, 7) is 0. The van der Waals surface area contributed by atoms with Gasteiger partial charge >= 0.3 is 0 Å². The highest BCUT2D eigenvalue weighted by atomic mass is 16.3. The number of furan rings is 1. The van der Waals surface area contributed by atoms with Gasteiger partial charge in [0.25, 0.3) is 0 Å². The van der Waals surface area contributed by atoms with Crippen LogP contribution in [0.5, 0.6) is 0 Å². The van der Waals surface area contributed by atoms with E-state index in [1.165, 1.54) is 50.1 Å². The van der Waals surface area contributed by atoms with E-state index in [-0.39, 0.29) is 5.41 Å². The molecular formula is C58H35N3O. The Labute approximate surface area is 358 Å². The average molecular weight is 790 g/mol. The summed E-state index contributed by atoms with van der Waals surface area (Å²) < 4.78 is 6.46. The SMILES string of the molecule is c1ccc(-c2nc(-c3ccccc3-c3ccc(-c4ccc5c(c4)-c4ccccc4C54c5ccccc5-c5ccccc54)cc3)nc(-c3cccc4c3oc3ccccc34)n2)cc1. The number of hydrogen-bond acceptors (Lipinski definition) is 4. The first-order valence-electron chi connectivity index (χ1n) is 21.1. The fourth-order valence-electron chi connectivity index (χ4n) is 10.3. The van der Waals surface area contributed by atoms with Gasteiger partial charge in [0.2, 0.25) is 0 Å². The van der Waals surface area contributed by atoms with Gasteiger partial charge in [0, 0.05) is 21.9 Å². The van der Waals surface area contributed by atoms with Crippen LogP contribution in [0.4, 0.5) is 0 Å². The molecular weight excluding hydrogens is 755 g/mol. The van der Waals surface area contributed by atoms with Crippen LogP contribution in [0, 0.1) is 0 Å². The van der Waals surface area contributed by atoms with E-state index >= 15 is 0 Å². The molecule has 0 saturated heterocycles. The molecule has 288 valence electrons. The smallest absolute Gasteiger partial charge is 0.167 e. The zero-order chi connectivity index (χ0) is 40.8. The Morgan fingerprint density at radius 1 is 0.290 bits per heavy atom. The van der Waals surface area contributed by atoms with E-state index in [4.69, 9.17) is 19.4 Å². The fourth-order valence-corrected chi connectivity index (χ4v) is 10.3. The minimum Gasteiger partial charge on any atom is -0.455 e. The van der Waals surface area contributed by atoms with E-state index in [1.807, 2.05) is 60.7 Å². The molecule has 0 aliphatic heterocycles. The number of benzene rings is 9. The van der Waals surface area contributed by atoms with Crippen LogP contribution >= 0.6 is 0 Å². The van der Waals surface area contributed by atoms with Gasteiger partial charge in [0.1, 0.15) is 11.2 Å². The molecule has 13 rings (SSSR count). The third-order valence-electron chi connectivity index (χ3n) is 13.0. The lowest BCUT2D eigenvalue weighted by molar-refractivity contribution is 0.669. The summed E-state index contributed by atoms with van der Waals surface area (Å²) >= 11 is 0. The number of rotatable bonds is 5. The quantitative estimate of drug-likeness (QED) is 0.174. The first kappa shape index (κ1) is 34.6. The van der Waals surface area contributed by atoms with Crippen LogP contribution in [-0.4, -0.2) is 15.0 Å². The number of hydrogen-bond donors (Lipinski definition) is 0. The summed E-state index contributed by atoms with van der Waals surface area (Å²) in [4.78, 5) is 15.4. The lowest BCUT2D eigenvalue weighted by Crippen LogP contribution is -2.25. The van der Waals surface area contributed by atoms with Crippen molar-refractivity contribution >= 4 is 21.9 Å². The normalized spacial score (nSPS) is 13.0. The number of fused-ring (bicyclic) bond motifs is 13. The zero-order valence-electron chi connectivity index (χ0n) is 33.5. The molecule has 0 N–H and O–H groups in total. The molecule has 0 fully saturated rings. The summed E-state index contributed by atoms with van der Waals surface area (Å²) in [7, 11) is 0. The molecule has 9 aromatic carbocycles. The Morgan fingerprint density at radius 2 is 0.774 bits per heavy atom. The van der Waals surface area contributed by atoms with E-state index in [0.717, 1.165) is 55.3 Å². The van der Waals surface area contributed by atoms with Gasteiger partial charge in [-0.2, -0.15) is 0 Å². The van der Waals surface area contributed by atoms with Crippen molar-refractivity contribution in [1.29, 1.82) is 0 Å². The highest BCUT2D eigenvalue weighted by Gasteiger charge is 2.51. The molecule has 4 nitrogen and oxygen atoms in total. The summed E-state index contributed by atoms with van der Waals surface area (Å²) in [6.07, 6.45) is 0. The van der Waals surface area contributed by atoms with Crippen LogP contribution in [0.15, 0.2) is 217 Å². The maximum atomic E-state index is 6.46. The molecule has 0 atom stereocenters. The van der Waals surface area contributed by atoms with Crippen LogP contribution in [0.25, 0.3) is 101 Å². The van der Waals surface area contributed by atoms with Crippen LogP contribution < -0.4 is 0 Å². The molecule has 0 unspecified atom stereocenters.